The van der Waals surface area contributed by atoms with Crippen LogP contribution in [-0.4, -0.2) is 11.7 Å². The van der Waals surface area contributed by atoms with Gasteiger partial charge >= 0.3 is 0 Å². The minimum absolute atomic E-state index is 0.0970. The van der Waals surface area contributed by atoms with Crippen molar-refractivity contribution in [3.05, 3.63) is 64.4 Å². The van der Waals surface area contributed by atoms with Crippen molar-refractivity contribution >= 4 is 29.3 Å². The fraction of sp³-hybridized carbons (Fsp3) is 0.235. The van der Waals surface area contributed by atoms with Crippen molar-refractivity contribution < 1.29 is 9.18 Å². The minimum atomic E-state index is -0.272. The zero-order valence-corrected chi connectivity index (χ0v) is 13.4. The third kappa shape index (κ3) is 3.45. The molecule has 2 aromatic rings. The van der Waals surface area contributed by atoms with Crippen LogP contribution in [0.5, 0.6) is 0 Å². The summed E-state index contributed by atoms with van der Waals surface area (Å²) in [7, 11) is 0. The molecule has 5 heteroatoms. The lowest BCUT2D eigenvalue weighted by Crippen LogP contribution is -2.31. The highest BCUT2D eigenvalue weighted by Gasteiger charge is 2.23. The molecule has 1 aliphatic heterocycles. The number of thioether (sulfide) groups is 1. The summed E-state index contributed by atoms with van der Waals surface area (Å²) in [4.78, 5) is 13.3. The molecule has 0 aromatic heterocycles. The van der Waals surface area contributed by atoms with E-state index >= 15 is 0 Å². The summed E-state index contributed by atoms with van der Waals surface area (Å²) in [5, 5.41) is 3.59. The SMILES string of the molecule is O=C(Cc1ccccc1Cl)NC1CCSc2ccc(F)cc21. The molecule has 1 unspecified atom stereocenters. The number of hydrogen-bond acceptors (Lipinski definition) is 2. The number of benzene rings is 2. The Hall–Kier alpha value is -1.52. The summed E-state index contributed by atoms with van der Waals surface area (Å²) >= 11 is 7.78. The van der Waals surface area contributed by atoms with Gasteiger partial charge in [0.05, 0.1) is 12.5 Å². The summed E-state index contributed by atoms with van der Waals surface area (Å²) in [5.74, 6) is 0.544. The number of halogens is 2. The van der Waals surface area contributed by atoms with Crippen LogP contribution in [0, 0.1) is 5.82 Å². The van der Waals surface area contributed by atoms with Gasteiger partial charge in [-0.2, -0.15) is 0 Å². The van der Waals surface area contributed by atoms with E-state index in [0.29, 0.717) is 5.02 Å². The zero-order valence-electron chi connectivity index (χ0n) is 11.8. The van der Waals surface area contributed by atoms with Crippen molar-refractivity contribution in [1.82, 2.24) is 5.32 Å². The van der Waals surface area contributed by atoms with E-state index in [1.54, 1.807) is 23.9 Å². The van der Waals surface area contributed by atoms with Crippen LogP contribution >= 0.6 is 23.4 Å². The summed E-state index contributed by atoms with van der Waals surface area (Å²) in [6, 6.07) is 11.9. The molecule has 1 aliphatic rings. The van der Waals surface area contributed by atoms with Crippen LogP contribution in [0.15, 0.2) is 47.4 Å². The van der Waals surface area contributed by atoms with Gasteiger partial charge in [-0.15, -0.1) is 11.8 Å². The molecule has 0 spiro atoms. The molecule has 0 radical (unpaired) electrons. The number of amides is 1. The van der Waals surface area contributed by atoms with Gasteiger partial charge in [0, 0.05) is 15.7 Å². The second kappa shape index (κ2) is 6.71. The number of fused-ring (bicyclic) bond motifs is 1. The first-order valence-electron chi connectivity index (χ1n) is 7.08. The number of carbonyl (C=O) groups is 1. The van der Waals surface area contributed by atoms with Crippen molar-refractivity contribution in [3.8, 4) is 0 Å². The van der Waals surface area contributed by atoms with Crippen molar-refractivity contribution in [3.63, 3.8) is 0 Å². The summed E-state index contributed by atoms with van der Waals surface area (Å²) in [6.45, 7) is 0. The molecule has 2 aromatic carbocycles. The molecule has 1 N–H and O–H groups in total. The maximum atomic E-state index is 13.5. The van der Waals surface area contributed by atoms with Crippen molar-refractivity contribution in [1.29, 1.82) is 0 Å². The zero-order chi connectivity index (χ0) is 15.5. The highest BCUT2D eigenvalue weighted by atomic mass is 35.5. The van der Waals surface area contributed by atoms with Crippen LogP contribution in [0.2, 0.25) is 5.02 Å². The molecule has 0 saturated carbocycles. The second-order valence-corrected chi connectivity index (χ2v) is 6.75. The number of hydrogen-bond donors (Lipinski definition) is 1. The van der Waals surface area contributed by atoms with Gasteiger partial charge in [0.15, 0.2) is 0 Å². The van der Waals surface area contributed by atoms with Crippen LogP contribution in [0.1, 0.15) is 23.6 Å². The summed E-state index contributed by atoms with van der Waals surface area (Å²) < 4.78 is 13.5. The van der Waals surface area contributed by atoms with E-state index in [-0.39, 0.29) is 24.2 Å². The van der Waals surface area contributed by atoms with E-state index in [1.165, 1.54) is 12.1 Å². The maximum Gasteiger partial charge on any atom is 0.224 e. The van der Waals surface area contributed by atoms with Crippen LogP contribution < -0.4 is 5.32 Å². The normalized spacial score (nSPS) is 16.9. The molecule has 0 saturated heterocycles. The molecule has 0 fully saturated rings. The van der Waals surface area contributed by atoms with Gasteiger partial charge in [-0.3, -0.25) is 4.79 Å². The average Bonchev–Trinajstić information content (AvgIpc) is 2.50. The van der Waals surface area contributed by atoms with Gasteiger partial charge in [0.25, 0.3) is 0 Å². The first kappa shape index (κ1) is 15.4. The van der Waals surface area contributed by atoms with Gasteiger partial charge in [0.2, 0.25) is 5.91 Å². The fourth-order valence-electron chi connectivity index (χ4n) is 2.58. The minimum Gasteiger partial charge on any atom is -0.349 e. The van der Waals surface area contributed by atoms with Gasteiger partial charge in [-0.25, -0.2) is 4.39 Å². The molecule has 0 bridgehead atoms. The molecule has 1 atom stereocenters. The van der Waals surface area contributed by atoms with Crippen molar-refractivity contribution in [2.45, 2.75) is 23.8 Å². The summed E-state index contributed by atoms with van der Waals surface area (Å²) in [5.41, 5.74) is 1.66. The Balaban J connectivity index is 1.73. The lowest BCUT2D eigenvalue weighted by molar-refractivity contribution is -0.121. The second-order valence-electron chi connectivity index (χ2n) is 5.21. The Morgan fingerprint density at radius 3 is 2.95 bits per heavy atom. The molecule has 0 aliphatic carbocycles. The fourth-order valence-corrected chi connectivity index (χ4v) is 3.88. The molecule has 3 rings (SSSR count). The summed E-state index contributed by atoms with van der Waals surface area (Å²) in [6.07, 6.45) is 1.03. The van der Waals surface area contributed by atoms with E-state index < -0.39 is 0 Å². The number of nitrogens with one attached hydrogen (secondary N) is 1. The molecule has 1 amide bonds. The predicted molar refractivity (Wildman–Crippen MR) is 87.8 cm³/mol. The lowest BCUT2D eigenvalue weighted by atomic mass is 10.0. The maximum absolute atomic E-state index is 13.5. The number of rotatable bonds is 3. The van der Waals surface area contributed by atoms with E-state index in [1.807, 2.05) is 18.2 Å². The van der Waals surface area contributed by atoms with Crippen LogP contribution in [0.25, 0.3) is 0 Å². The number of carbonyl (C=O) groups excluding carboxylic acids is 1. The lowest BCUT2D eigenvalue weighted by Gasteiger charge is -2.26. The molecule has 114 valence electrons. The molecular formula is C17H15ClFNOS. The van der Waals surface area contributed by atoms with E-state index in [2.05, 4.69) is 5.32 Å². The highest BCUT2D eigenvalue weighted by Crippen LogP contribution is 2.36. The van der Waals surface area contributed by atoms with Gasteiger partial charge in [-0.05, 0) is 41.8 Å². The molecular weight excluding hydrogens is 321 g/mol. The van der Waals surface area contributed by atoms with Crippen LogP contribution in [0.4, 0.5) is 4.39 Å². The first-order valence-corrected chi connectivity index (χ1v) is 8.45. The standard InChI is InChI=1S/C17H15ClFNOS/c18-14-4-2-1-3-11(14)9-17(21)20-15-7-8-22-16-6-5-12(19)10-13(15)16/h1-6,10,15H,7-9H2,(H,20,21). The van der Waals surface area contributed by atoms with Crippen molar-refractivity contribution in [2.75, 3.05) is 5.75 Å². The Labute approximate surface area is 138 Å². The van der Waals surface area contributed by atoms with Gasteiger partial charge < -0.3 is 5.32 Å². The van der Waals surface area contributed by atoms with Gasteiger partial charge in [-0.1, -0.05) is 29.8 Å². The average molecular weight is 336 g/mol. The third-order valence-electron chi connectivity index (χ3n) is 3.66. The first-order chi connectivity index (χ1) is 10.6. The van der Waals surface area contributed by atoms with E-state index in [4.69, 9.17) is 11.6 Å². The van der Waals surface area contributed by atoms with Crippen LogP contribution in [-0.2, 0) is 11.2 Å². The Morgan fingerprint density at radius 2 is 2.14 bits per heavy atom. The van der Waals surface area contributed by atoms with Crippen LogP contribution in [0.3, 0.4) is 0 Å². The molecule has 2 nitrogen and oxygen atoms in total. The highest BCUT2D eigenvalue weighted by molar-refractivity contribution is 7.99. The largest absolute Gasteiger partial charge is 0.349 e. The predicted octanol–water partition coefficient (Wildman–Crippen LogP) is 4.37. The van der Waals surface area contributed by atoms with E-state index in [9.17, 15) is 9.18 Å². The molecule has 22 heavy (non-hydrogen) atoms. The quantitative estimate of drug-likeness (QED) is 0.902. The Kier molecular flexibility index (Phi) is 4.69. The monoisotopic (exact) mass is 335 g/mol. The third-order valence-corrected chi connectivity index (χ3v) is 5.15. The Bertz CT molecular complexity index is 707. The van der Waals surface area contributed by atoms with E-state index in [0.717, 1.165) is 28.2 Å². The van der Waals surface area contributed by atoms with Crippen molar-refractivity contribution in [2.24, 2.45) is 0 Å². The molecule has 1 heterocycles. The van der Waals surface area contributed by atoms with Gasteiger partial charge in [0.1, 0.15) is 5.82 Å². The topological polar surface area (TPSA) is 29.1 Å². The smallest absolute Gasteiger partial charge is 0.224 e. The Morgan fingerprint density at radius 1 is 1.32 bits per heavy atom.